The summed E-state index contributed by atoms with van der Waals surface area (Å²) in [4.78, 5) is 22.9. The van der Waals surface area contributed by atoms with Crippen molar-refractivity contribution in [3.05, 3.63) is 48.6 Å². The van der Waals surface area contributed by atoms with Crippen LogP contribution >= 0.6 is 7.82 Å². The first-order valence-electron chi connectivity index (χ1n) is 19.0. The van der Waals surface area contributed by atoms with E-state index in [0.717, 1.165) is 64.2 Å². The summed E-state index contributed by atoms with van der Waals surface area (Å²) >= 11 is 0. The van der Waals surface area contributed by atoms with E-state index in [4.69, 9.17) is 9.05 Å². The molecule has 0 bridgehead atoms. The molecule has 3 unspecified atom stereocenters. The maximum atomic E-state index is 12.7. The summed E-state index contributed by atoms with van der Waals surface area (Å²) in [5.41, 5.74) is 0. The summed E-state index contributed by atoms with van der Waals surface area (Å²) in [6.07, 6.45) is 37.5. The first kappa shape index (κ1) is 46.5. The zero-order valence-corrected chi connectivity index (χ0v) is 32.4. The Morgan fingerprint density at radius 2 is 1.17 bits per heavy atom. The van der Waals surface area contributed by atoms with Gasteiger partial charge in [-0.15, -0.1) is 0 Å². The standard InChI is InChI=1S/C39H73N2O6P/c1-6-8-10-12-14-16-18-19-20-21-22-23-24-26-28-30-32-38(42)37(36-47-48(44,45)46-35-34-41(3,4)5)40-39(43)33-31-29-27-25-17-15-13-11-9-7-2/h13,15,19-20,23-24,30,32,37-38,42H,6-12,14,16-18,21-22,25-29,31,33-36H2,1-5H3,(H-,40,43,44,45)/p+1/b15-13-,20-19+,24-23+,32-30+. The number of nitrogens with one attached hydrogen (secondary N) is 1. The molecule has 8 nitrogen and oxygen atoms in total. The lowest BCUT2D eigenvalue weighted by atomic mass is 10.1. The van der Waals surface area contributed by atoms with Crippen molar-refractivity contribution in [1.82, 2.24) is 5.32 Å². The van der Waals surface area contributed by atoms with Crippen molar-refractivity contribution >= 4 is 13.7 Å². The van der Waals surface area contributed by atoms with E-state index in [1.807, 2.05) is 27.2 Å². The molecule has 0 aromatic carbocycles. The molecular weight excluding hydrogens is 623 g/mol. The summed E-state index contributed by atoms with van der Waals surface area (Å²) in [6.45, 7) is 4.68. The molecule has 0 aromatic heterocycles. The van der Waals surface area contributed by atoms with Gasteiger partial charge in [0.2, 0.25) is 5.91 Å². The van der Waals surface area contributed by atoms with E-state index in [9.17, 15) is 19.4 Å². The van der Waals surface area contributed by atoms with E-state index in [2.05, 4.69) is 55.6 Å². The molecule has 0 spiro atoms. The number of unbranched alkanes of at least 4 members (excludes halogenated alkanes) is 14. The highest BCUT2D eigenvalue weighted by Crippen LogP contribution is 2.43. The Bertz CT molecular complexity index is 928. The number of phosphoric ester groups is 1. The van der Waals surface area contributed by atoms with Crippen molar-refractivity contribution in [3.8, 4) is 0 Å². The second kappa shape index (κ2) is 31.4. The lowest BCUT2D eigenvalue weighted by molar-refractivity contribution is -0.870. The Morgan fingerprint density at radius 1 is 0.688 bits per heavy atom. The van der Waals surface area contributed by atoms with Crippen molar-refractivity contribution in [1.29, 1.82) is 0 Å². The predicted molar refractivity (Wildman–Crippen MR) is 203 cm³/mol. The van der Waals surface area contributed by atoms with Gasteiger partial charge in [-0.25, -0.2) is 4.57 Å². The van der Waals surface area contributed by atoms with E-state index < -0.39 is 20.0 Å². The number of nitrogens with zero attached hydrogens (tertiary/aromatic N) is 1. The fourth-order valence-electron chi connectivity index (χ4n) is 4.87. The number of aliphatic hydroxyl groups excluding tert-OH is 1. The SMILES string of the molecule is CCCC/C=C\CCCCCCC(=O)NC(COP(=O)(O)OCC[N+](C)(C)C)C(O)/C=C/CC/C=C/CC/C=C/CCCCCCCC. The van der Waals surface area contributed by atoms with Crippen molar-refractivity contribution in [2.75, 3.05) is 40.9 Å². The number of carbonyl (C=O) groups is 1. The topological polar surface area (TPSA) is 105 Å². The Kier molecular flexibility index (Phi) is 30.4. The molecule has 0 aliphatic rings. The third-order valence-corrected chi connectivity index (χ3v) is 8.98. The Hall–Kier alpha value is -1.54. The number of hydrogen-bond acceptors (Lipinski definition) is 5. The summed E-state index contributed by atoms with van der Waals surface area (Å²) in [7, 11) is 1.53. The molecule has 0 rings (SSSR count). The number of hydrogen-bond donors (Lipinski definition) is 3. The van der Waals surface area contributed by atoms with Crippen LogP contribution in [0.4, 0.5) is 0 Å². The molecule has 3 atom stereocenters. The van der Waals surface area contributed by atoms with Crippen LogP contribution in [0.2, 0.25) is 0 Å². The normalized spacial score (nSPS) is 15.2. The minimum atomic E-state index is -4.34. The van der Waals surface area contributed by atoms with Gasteiger partial charge in [0.15, 0.2) is 0 Å². The highest BCUT2D eigenvalue weighted by molar-refractivity contribution is 7.47. The molecule has 280 valence electrons. The average molecular weight is 698 g/mol. The van der Waals surface area contributed by atoms with Crippen LogP contribution in [0.25, 0.3) is 0 Å². The van der Waals surface area contributed by atoms with Crippen molar-refractivity contribution in [2.45, 2.75) is 154 Å². The quantitative estimate of drug-likeness (QED) is 0.0273. The number of carbonyl (C=O) groups excluding carboxylic acids is 1. The lowest BCUT2D eigenvalue weighted by Gasteiger charge is -2.25. The van der Waals surface area contributed by atoms with Gasteiger partial charge in [-0.2, -0.15) is 0 Å². The zero-order chi connectivity index (χ0) is 35.8. The number of allylic oxidation sites excluding steroid dienone is 7. The number of aliphatic hydroxyl groups is 1. The van der Waals surface area contributed by atoms with E-state index in [1.165, 1.54) is 57.8 Å². The van der Waals surface area contributed by atoms with Gasteiger partial charge in [-0.05, 0) is 64.2 Å². The van der Waals surface area contributed by atoms with E-state index in [0.29, 0.717) is 17.4 Å². The first-order valence-corrected chi connectivity index (χ1v) is 20.5. The van der Waals surface area contributed by atoms with Crippen molar-refractivity contribution in [3.63, 3.8) is 0 Å². The Morgan fingerprint density at radius 3 is 1.73 bits per heavy atom. The number of amides is 1. The van der Waals surface area contributed by atoms with Gasteiger partial charge >= 0.3 is 7.82 Å². The van der Waals surface area contributed by atoms with E-state index in [-0.39, 0.29) is 19.1 Å². The molecule has 3 N–H and O–H groups in total. The molecule has 0 saturated carbocycles. The maximum absolute atomic E-state index is 12.7. The minimum Gasteiger partial charge on any atom is -0.387 e. The van der Waals surface area contributed by atoms with Gasteiger partial charge in [0, 0.05) is 6.42 Å². The Labute approximate surface area is 295 Å². The molecule has 0 radical (unpaired) electrons. The second-order valence-electron chi connectivity index (χ2n) is 13.9. The molecular formula is C39H74N2O6P+. The van der Waals surface area contributed by atoms with Gasteiger partial charge < -0.3 is 19.8 Å². The highest BCUT2D eigenvalue weighted by atomic mass is 31.2. The van der Waals surface area contributed by atoms with Crippen LogP contribution in [-0.4, -0.2) is 73.4 Å². The molecule has 0 aromatic rings. The van der Waals surface area contributed by atoms with Gasteiger partial charge in [-0.1, -0.05) is 120 Å². The zero-order valence-electron chi connectivity index (χ0n) is 31.5. The number of likely N-dealkylation sites (N-methyl/N-ethyl adjacent to an activating group) is 1. The molecule has 0 heterocycles. The largest absolute Gasteiger partial charge is 0.472 e. The smallest absolute Gasteiger partial charge is 0.387 e. The number of phosphoric acid groups is 1. The third-order valence-electron chi connectivity index (χ3n) is 8.00. The average Bonchev–Trinajstić information content (AvgIpc) is 3.02. The highest BCUT2D eigenvalue weighted by Gasteiger charge is 2.27. The third kappa shape index (κ3) is 33.0. The van der Waals surface area contributed by atoms with Crippen molar-refractivity contribution in [2.24, 2.45) is 0 Å². The maximum Gasteiger partial charge on any atom is 0.472 e. The fourth-order valence-corrected chi connectivity index (χ4v) is 5.61. The molecule has 0 fully saturated rings. The lowest BCUT2D eigenvalue weighted by Crippen LogP contribution is -2.45. The summed E-state index contributed by atoms with van der Waals surface area (Å²) in [5, 5.41) is 13.7. The fraction of sp³-hybridized carbons (Fsp3) is 0.769. The van der Waals surface area contributed by atoms with Gasteiger partial charge in [0.05, 0.1) is 39.9 Å². The van der Waals surface area contributed by atoms with Crippen LogP contribution in [0.3, 0.4) is 0 Å². The van der Waals surface area contributed by atoms with E-state index >= 15 is 0 Å². The number of rotatable bonds is 33. The van der Waals surface area contributed by atoms with Gasteiger partial charge in [-0.3, -0.25) is 13.8 Å². The first-order chi connectivity index (χ1) is 23.0. The monoisotopic (exact) mass is 698 g/mol. The Balaban J connectivity index is 4.65. The van der Waals surface area contributed by atoms with Crippen LogP contribution in [0.5, 0.6) is 0 Å². The molecule has 1 amide bonds. The predicted octanol–water partition coefficient (Wildman–Crippen LogP) is 9.74. The summed E-state index contributed by atoms with van der Waals surface area (Å²) in [6, 6.07) is -0.872. The van der Waals surface area contributed by atoms with Crippen LogP contribution in [0.15, 0.2) is 48.6 Å². The number of quaternary nitrogens is 1. The van der Waals surface area contributed by atoms with Crippen LogP contribution in [0.1, 0.15) is 142 Å². The molecule has 0 aliphatic heterocycles. The second-order valence-corrected chi connectivity index (χ2v) is 15.4. The molecule has 0 saturated heterocycles. The van der Waals surface area contributed by atoms with Crippen LogP contribution < -0.4 is 5.32 Å². The molecule has 0 aliphatic carbocycles. The van der Waals surface area contributed by atoms with Crippen molar-refractivity contribution < 1.29 is 32.9 Å². The van der Waals surface area contributed by atoms with Crippen LogP contribution in [0, 0.1) is 0 Å². The minimum absolute atomic E-state index is 0.0499. The van der Waals surface area contributed by atoms with Gasteiger partial charge in [0.1, 0.15) is 13.2 Å². The summed E-state index contributed by atoms with van der Waals surface area (Å²) in [5.74, 6) is -0.210. The molecule has 9 heteroatoms. The van der Waals surface area contributed by atoms with E-state index in [1.54, 1.807) is 6.08 Å². The van der Waals surface area contributed by atoms with Crippen LogP contribution in [-0.2, 0) is 18.4 Å². The van der Waals surface area contributed by atoms with Gasteiger partial charge in [0.25, 0.3) is 0 Å². The summed E-state index contributed by atoms with van der Waals surface area (Å²) < 4.78 is 23.4. The molecule has 48 heavy (non-hydrogen) atoms.